The maximum Gasteiger partial charge on any atom is 0.320 e. The fourth-order valence-corrected chi connectivity index (χ4v) is 3.92. The zero-order valence-electron chi connectivity index (χ0n) is 23.1. The van der Waals surface area contributed by atoms with Gasteiger partial charge in [0.15, 0.2) is 0 Å². The molecule has 0 bridgehead atoms. The first-order valence-electron chi connectivity index (χ1n) is 12.5. The Hall–Kier alpha value is -5.12. The number of nitrogens with zero attached hydrogens (tertiary/aromatic N) is 2. The number of urea groups is 1. The first kappa shape index (κ1) is 27.9. The van der Waals surface area contributed by atoms with Gasteiger partial charge in [0.2, 0.25) is 5.91 Å². The van der Waals surface area contributed by atoms with Crippen molar-refractivity contribution in [1.82, 2.24) is 15.3 Å². The molecule has 3 amide bonds. The lowest BCUT2D eigenvalue weighted by Gasteiger charge is -2.21. The number of hydrogen-bond acceptors (Lipinski definition) is 7. The van der Waals surface area contributed by atoms with Crippen molar-refractivity contribution in [1.29, 1.82) is 0 Å². The summed E-state index contributed by atoms with van der Waals surface area (Å²) in [5, 5.41) is 12.6. The molecule has 206 valence electrons. The number of benzene rings is 2. The molecule has 4 rings (SSSR count). The number of amides is 3. The van der Waals surface area contributed by atoms with Gasteiger partial charge < -0.3 is 25.4 Å². The average molecular weight is 541 g/mol. The lowest BCUT2D eigenvalue weighted by Crippen LogP contribution is -2.43. The molecule has 10 heteroatoms. The molecule has 2 aromatic carbocycles. The highest BCUT2D eigenvalue weighted by Gasteiger charge is 2.18. The molecule has 0 unspecified atom stereocenters. The maximum absolute atomic E-state index is 12.9. The van der Waals surface area contributed by atoms with Gasteiger partial charge in [-0.05, 0) is 62.7 Å². The van der Waals surface area contributed by atoms with Crippen LogP contribution >= 0.6 is 0 Å². The first-order chi connectivity index (χ1) is 19.1. The normalized spacial score (nSPS) is 10.9. The molecule has 0 saturated carbocycles. The van der Waals surface area contributed by atoms with Crippen LogP contribution in [-0.4, -0.2) is 41.7 Å². The summed E-state index contributed by atoms with van der Waals surface area (Å²) in [6.07, 6.45) is 2.89. The number of aromatic nitrogens is 2. The molecule has 10 nitrogen and oxygen atoms in total. The first-order valence-corrected chi connectivity index (χ1v) is 12.5. The van der Waals surface area contributed by atoms with Crippen LogP contribution in [0.3, 0.4) is 0 Å². The lowest BCUT2D eigenvalue weighted by molar-refractivity contribution is -0.111. The highest BCUT2D eigenvalue weighted by Crippen LogP contribution is 2.36. The van der Waals surface area contributed by atoms with Crippen molar-refractivity contribution in [3.8, 4) is 22.6 Å². The van der Waals surface area contributed by atoms with Gasteiger partial charge in [-0.25, -0.2) is 14.8 Å². The summed E-state index contributed by atoms with van der Waals surface area (Å²) in [7, 11) is 3.15. The van der Waals surface area contributed by atoms with Crippen LogP contribution in [0.4, 0.5) is 27.8 Å². The summed E-state index contributed by atoms with van der Waals surface area (Å²) in [6, 6.07) is 16.0. The molecule has 0 fully saturated rings. The van der Waals surface area contributed by atoms with Gasteiger partial charge >= 0.3 is 6.03 Å². The Morgan fingerprint density at radius 2 is 1.60 bits per heavy atom. The number of hydrogen-bond donors (Lipinski definition) is 4. The van der Waals surface area contributed by atoms with E-state index in [1.807, 2.05) is 57.2 Å². The third kappa shape index (κ3) is 6.84. The molecule has 2 heterocycles. The van der Waals surface area contributed by atoms with Crippen LogP contribution in [0, 0.1) is 0 Å². The number of para-hydroxylation sites is 2. The van der Waals surface area contributed by atoms with Crippen LogP contribution in [0.15, 0.2) is 73.4 Å². The third-order valence-corrected chi connectivity index (χ3v) is 5.72. The molecule has 0 atom stereocenters. The molecule has 0 spiro atoms. The summed E-state index contributed by atoms with van der Waals surface area (Å²) in [5.74, 6) is 1.72. The topological polar surface area (TPSA) is 127 Å². The second-order valence-electron chi connectivity index (χ2n) is 9.94. The molecule has 0 saturated heterocycles. The van der Waals surface area contributed by atoms with Gasteiger partial charge in [0.25, 0.3) is 0 Å². The van der Waals surface area contributed by atoms with Crippen LogP contribution in [-0.2, 0) is 4.79 Å². The van der Waals surface area contributed by atoms with Crippen molar-refractivity contribution in [2.45, 2.75) is 26.3 Å². The van der Waals surface area contributed by atoms with Gasteiger partial charge in [-0.1, -0.05) is 18.7 Å². The predicted octanol–water partition coefficient (Wildman–Crippen LogP) is 6.10. The SMILES string of the molecule is C=CC(=O)Nc1ccccc1Nc1cc2nc(NC(=O)NC(C)(C)C)c(-c3cc(OC)cc(OC)c3)cc2cn1. The molecule has 40 heavy (non-hydrogen) atoms. The predicted molar refractivity (Wildman–Crippen MR) is 159 cm³/mol. The largest absolute Gasteiger partial charge is 0.497 e. The third-order valence-electron chi connectivity index (χ3n) is 5.72. The van der Waals surface area contributed by atoms with Crippen LogP contribution < -0.4 is 30.7 Å². The number of fused-ring (bicyclic) bond motifs is 1. The Labute approximate surface area is 232 Å². The molecular formula is C30H32N6O4. The number of rotatable bonds is 8. The number of anilines is 4. The molecule has 2 aromatic heterocycles. The van der Waals surface area contributed by atoms with Gasteiger partial charge in [-0.3, -0.25) is 10.1 Å². The quantitative estimate of drug-likeness (QED) is 0.199. The number of nitrogens with one attached hydrogen (secondary N) is 4. The zero-order chi connectivity index (χ0) is 28.9. The fraction of sp³-hybridized carbons (Fsp3) is 0.200. The fourth-order valence-electron chi connectivity index (χ4n) is 3.92. The zero-order valence-corrected chi connectivity index (χ0v) is 23.1. The van der Waals surface area contributed by atoms with E-state index in [0.717, 1.165) is 10.9 Å². The van der Waals surface area contributed by atoms with Crippen molar-refractivity contribution in [3.05, 3.63) is 73.4 Å². The van der Waals surface area contributed by atoms with E-state index in [1.165, 1.54) is 6.08 Å². The van der Waals surface area contributed by atoms with Crippen molar-refractivity contribution >= 4 is 45.9 Å². The lowest BCUT2D eigenvalue weighted by atomic mass is 10.0. The van der Waals surface area contributed by atoms with Gasteiger partial charge in [0.1, 0.15) is 23.1 Å². The van der Waals surface area contributed by atoms with Gasteiger partial charge in [0, 0.05) is 34.8 Å². The van der Waals surface area contributed by atoms with Crippen LogP contribution in [0.2, 0.25) is 0 Å². The van der Waals surface area contributed by atoms with E-state index >= 15 is 0 Å². The highest BCUT2D eigenvalue weighted by atomic mass is 16.5. The molecule has 0 aliphatic rings. The second kappa shape index (κ2) is 11.7. The maximum atomic E-state index is 12.9. The van der Waals surface area contributed by atoms with E-state index in [0.29, 0.717) is 45.6 Å². The molecule has 0 radical (unpaired) electrons. The minimum absolute atomic E-state index is 0.326. The Morgan fingerprint density at radius 3 is 2.23 bits per heavy atom. The minimum Gasteiger partial charge on any atom is -0.497 e. The second-order valence-corrected chi connectivity index (χ2v) is 9.94. The van der Waals surface area contributed by atoms with E-state index in [4.69, 9.17) is 14.5 Å². The van der Waals surface area contributed by atoms with Gasteiger partial charge in [-0.15, -0.1) is 0 Å². The molecule has 4 N–H and O–H groups in total. The Balaban J connectivity index is 1.78. The average Bonchev–Trinajstić information content (AvgIpc) is 2.92. The highest BCUT2D eigenvalue weighted by molar-refractivity contribution is 6.01. The van der Waals surface area contributed by atoms with Crippen molar-refractivity contribution in [2.75, 3.05) is 30.2 Å². The number of ether oxygens (including phenoxy) is 2. The van der Waals surface area contributed by atoms with Crippen LogP contribution in [0.5, 0.6) is 11.5 Å². The van der Waals surface area contributed by atoms with Crippen LogP contribution in [0.25, 0.3) is 22.0 Å². The Kier molecular flexibility index (Phi) is 8.18. The number of carbonyl (C=O) groups is 2. The summed E-state index contributed by atoms with van der Waals surface area (Å²) in [6.45, 7) is 9.19. The van der Waals surface area contributed by atoms with E-state index in [1.54, 1.807) is 38.6 Å². The molecular weight excluding hydrogens is 508 g/mol. The standard InChI is InChI=1S/C30H32N6O4/c1-7-27(37)33-24-11-9-8-10-23(24)32-26-16-25-19(17-31-26)14-22(18-12-20(39-5)15-21(13-18)40-6)28(34-25)35-29(38)36-30(2,3)4/h7-17H,1H2,2-6H3,(H,31,32)(H,33,37)(H2,34,35,36,38). The molecule has 0 aliphatic heterocycles. The molecule has 4 aromatic rings. The van der Waals surface area contributed by atoms with E-state index < -0.39 is 11.6 Å². The summed E-state index contributed by atoms with van der Waals surface area (Å²) in [4.78, 5) is 34.1. The van der Waals surface area contributed by atoms with E-state index in [2.05, 4.69) is 32.8 Å². The van der Waals surface area contributed by atoms with E-state index in [9.17, 15) is 9.59 Å². The Morgan fingerprint density at radius 1 is 0.925 bits per heavy atom. The number of methoxy groups -OCH3 is 2. The minimum atomic E-state index is -0.449. The smallest absolute Gasteiger partial charge is 0.320 e. The van der Waals surface area contributed by atoms with Gasteiger partial charge in [0.05, 0.1) is 31.1 Å². The summed E-state index contributed by atoms with van der Waals surface area (Å²) in [5.41, 5.74) is 2.77. The van der Waals surface area contributed by atoms with Crippen molar-refractivity contribution in [3.63, 3.8) is 0 Å². The van der Waals surface area contributed by atoms with Crippen molar-refractivity contribution < 1.29 is 19.1 Å². The summed E-state index contributed by atoms with van der Waals surface area (Å²) < 4.78 is 10.9. The van der Waals surface area contributed by atoms with Crippen LogP contribution in [0.1, 0.15) is 20.8 Å². The monoisotopic (exact) mass is 540 g/mol. The number of carbonyl (C=O) groups excluding carboxylic acids is 2. The van der Waals surface area contributed by atoms with E-state index in [-0.39, 0.29) is 5.91 Å². The van der Waals surface area contributed by atoms with Crippen molar-refractivity contribution in [2.24, 2.45) is 0 Å². The molecule has 0 aliphatic carbocycles. The number of pyridine rings is 2. The Bertz CT molecular complexity index is 1560. The van der Waals surface area contributed by atoms with Gasteiger partial charge in [-0.2, -0.15) is 0 Å². The summed E-state index contributed by atoms with van der Waals surface area (Å²) >= 11 is 0.